The van der Waals surface area contributed by atoms with Crippen LogP contribution in [0.15, 0.2) is 0 Å². The summed E-state index contributed by atoms with van der Waals surface area (Å²) in [5, 5.41) is 9.15. The molecule has 3 rings (SSSR count). The molecule has 2 saturated carbocycles. The molecule has 3 atom stereocenters. The van der Waals surface area contributed by atoms with Crippen molar-refractivity contribution in [3.8, 4) is 6.07 Å². The van der Waals surface area contributed by atoms with Crippen molar-refractivity contribution in [1.82, 2.24) is 4.90 Å². The second-order valence-corrected chi connectivity index (χ2v) is 5.75. The number of carbonyl (C=O) groups is 2. The Balaban J connectivity index is 1.86. The van der Waals surface area contributed by atoms with E-state index in [-0.39, 0.29) is 29.6 Å². The number of hydrogen-bond acceptors (Lipinski definition) is 3. The van der Waals surface area contributed by atoms with Crippen LogP contribution in [0.4, 0.5) is 0 Å². The van der Waals surface area contributed by atoms with Gasteiger partial charge in [0.05, 0.1) is 17.9 Å². The Kier molecular flexibility index (Phi) is 2.25. The molecule has 0 aromatic rings. The van der Waals surface area contributed by atoms with Gasteiger partial charge in [0.2, 0.25) is 11.8 Å². The fraction of sp³-hybridized carbons (Fsp3) is 0.769. The van der Waals surface area contributed by atoms with Gasteiger partial charge in [-0.3, -0.25) is 14.5 Å². The van der Waals surface area contributed by atoms with Crippen molar-refractivity contribution in [3.63, 3.8) is 0 Å². The average Bonchev–Trinajstić information content (AvgIpc) is 3.02. The minimum Gasteiger partial charge on any atom is -0.274 e. The van der Waals surface area contributed by atoms with E-state index in [9.17, 15) is 9.59 Å². The van der Waals surface area contributed by atoms with Crippen molar-refractivity contribution in [1.29, 1.82) is 5.26 Å². The molecule has 0 bridgehead atoms. The molecule has 3 fully saturated rings. The van der Waals surface area contributed by atoms with Crippen molar-refractivity contribution in [2.24, 2.45) is 23.7 Å². The molecule has 1 heterocycles. The standard InChI is InChI=1S/C13H16N2O2/c1-7-4-9-10(5-7)13(17)15(12(9)16)11(6-14)8-2-3-8/h7-11H,2-5H2,1H3. The Bertz CT molecular complexity index is 398. The van der Waals surface area contributed by atoms with Gasteiger partial charge in [-0.25, -0.2) is 0 Å². The minimum atomic E-state index is -0.490. The Labute approximate surface area is 101 Å². The summed E-state index contributed by atoms with van der Waals surface area (Å²) in [6.45, 7) is 2.09. The smallest absolute Gasteiger partial charge is 0.234 e. The molecule has 17 heavy (non-hydrogen) atoms. The summed E-state index contributed by atoms with van der Waals surface area (Å²) in [5.74, 6) is 0.274. The summed E-state index contributed by atoms with van der Waals surface area (Å²) in [6, 6.07) is 1.66. The number of fused-ring (bicyclic) bond motifs is 1. The summed E-state index contributed by atoms with van der Waals surface area (Å²) < 4.78 is 0. The van der Waals surface area contributed by atoms with Crippen LogP contribution in [0.1, 0.15) is 32.6 Å². The maximum atomic E-state index is 12.2. The Morgan fingerprint density at radius 3 is 2.18 bits per heavy atom. The van der Waals surface area contributed by atoms with E-state index in [1.807, 2.05) is 0 Å². The predicted molar refractivity (Wildman–Crippen MR) is 59.4 cm³/mol. The molecule has 1 aliphatic heterocycles. The monoisotopic (exact) mass is 232 g/mol. The highest BCUT2D eigenvalue weighted by Crippen LogP contribution is 2.46. The lowest BCUT2D eigenvalue weighted by atomic mass is 10.00. The fourth-order valence-corrected chi connectivity index (χ4v) is 3.36. The highest BCUT2D eigenvalue weighted by Gasteiger charge is 2.55. The maximum Gasteiger partial charge on any atom is 0.234 e. The second kappa shape index (κ2) is 3.56. The fourth-order valence-electron chi connectivity index (χ4n) is 3.36. The van der Waals surface area contributed by atoms with Crippen LogP contribution >= 0.6 is 0 Å². The van der Waals surface area contributed by atoms with Crippen molar-refractivity contribution < 1.29 is 9.59 Å². The highest BCUT2D eigenvalue weighted by atomic mass is 16.2. The quantitative estimate of drug-likeness (QED) is 0.674. The SMILES string of the molecule is CC1CC2C(=O)N(C(C#N)C3CC3)C(=O)C2C1. The summed E-state index contributed by atoms with van der Waals surface area (Å²) in [6.07, 6.45) is 3.57. The number of imide groups is 1. The molecule has 2 aliphatic carbocycles. The maximum absolute atomic E-state index is 12.2. The molecule has 4 nitrogen and oxygen atoms in total. The van der Waals surface area contributed by atoms with Gasteiger partial charge >= 0.3 is 0 Å². The van der Waals surface area contributed by atoms with Crippen LogP contribution in [0.2, 0.25) is 0 Å². The van der Waals surface area contributed by atoms with Gasteiger partial charge in [0.1, 0.15) is 6.04 Å². The van der Waals surface area contributed by atoms with E-state index in [1.54, 1.807) is 0 Å². The van der Waals surface area contributed by atoms with Gasteiger partial charge in [-0.05, 0) is 37.5 Å². The minimum absolute atomic E-state index is 0.0807. The van der Waals surface area contributed by atoms with Gasteiger partial charge in [-0.2, -0.15) is 5.26 Å². The van der Waals surface area contributed by atoms with E-state index in [0.29, 0.717) is 5.92 Å². The van der Waals surface area contributed by atoms with E-state index in [2.05, 4.69) is 13.0 Å². The van der Waals surface area contributed by atoms with Crippen LogP contribution in [0, 0.1) is 35.0 Å². The average molecular weight is 232 g/mol. The van der Waals surface area contributed by atoms with Crippen LogP contribution in [0.5, 0.6) is 0 Å². The summed E-state index contributed by atoms with van der Waals surface area (Å²) in [4.78, 5) is 25.7. The van der Waals surface area contributed by atoms with E-state index in [4.69, 9.17) is 5.26 Å². The molecular weight excluding hydrogens is 216 g/mol. The predicted octanol–water partition coefficient (Wildman–Crippen LogP) is 1.32. The molecule has 0 spiro atoms. The van der Waals surface area contributed by atoms with E-state index in [0.717, 1.165) is 25.7 Å². The molecule has 2 amide bonds. The summed E-state index contributed by atoms with van der Waals surface area (Å²) in [5.41, 5.74) is 0. The number of nitriles is 1. The third kappa shape index (κ3) is 1.49. The van der Waals surface area contributed by atoms with Gasteiger partial charge in [0.15, 0.2) is 0 Å². The summed E-state index contributed by atoms with van der Waals surface area (Å²) >= 11 is 0. The van der Waals surface area contributed by atoms with Gasteiger partial charge in [0, 0.05) is 0 Å². The zero-order chi connectivity index (χ0) is 12.2. The lowest BCUT2D eigenvalue weighted by Gasteiger charge is -2.21. The summed E-state index contributed by atoms with van der Waals surface area (Å²) in [7, 11) is 0. The van der Waals surface area contributed by atoms with E-state index in [1.165, 1.54) is 4.90 Å². The number of carbonyl (C=O) groups excluding carboxylic acids is 2. The zero-order valence-corrected chi connectivity index (χ0v) is 9.93. The number of amides is 2. The molecule has 4 heteroatoms. The third-order valence-corrected chi connectivity index (χ3v) is 4.39. The van der Waals surface area contributed by atoms with E-state index < -0.39 is 6.04 Å². The van der Waals surface area contributed by atoms with Crippen LogP contribution in [-0.4, -0.2) is 22.8 Å². The number of rotatable bonds is 2. The van der Waals surface area contributed by atoms with Crippen molar-refractivity contribution >= 4 is 11.8 Å². The van der Waals surface area contributed by atoms with Gasteiger partial charge in [0.25, 0.3) is 0 Å². The van der Waals surface area contributed by atoms with Crippen molar-refractivity contribution in [2.45, 2.75) is 38.6 Å². The topological polar surface area (TPSA) is 61.2 Å². The zero-order valence-electron chi connectivity index (χ0n) is 9.93. The normalized spacial score (nSPS) is 38.1. The molecule has 0 N–H and O–H groups in total. The van der Waals surface area contributed by atoms with Gasteiger partial charge in [-0.1, -0.05) is 6.92 Å². The first-order valence-electron chi connectivity index (χ1n) is 6.40. The molecule has 3 aliphatic rings. The Hall–Kier alpha value is -1.37. The Morgan fingerprint density at radius 2 is 1.76 bits per heavy atom. The number of nitrogens with zero attached hydrogens (tertiary/aromatic N) is 2. The molecular formula is C13H16N2O2. The van der Waals surface area contributed by atoms with Crippen molar-refractivity contribution in [3.05, 3.63) is 0 Å². The largest absolute Gasteiger partial charge is 0.274 e. The second-order valence-electron chi connectivity index (χ2n) is 5.75. The lowest BCUT2D eigenvalue weighted by molar-refractivity contribution is -0.142. The van der Waals surface area contributed by atoms with Crippen molar-refractivity contribution in [2.75, 3.05) is 0 Å². The highest BCUT2D eigenvalue weighted by molar-refractivity contribution is 6.06. The first kappa shape index (κ1) is 10.8. The van der Waals surface area contributed by atoms with Crippen LogP contribution < -0.4 is 0 Å². The molecule has 0 aromatic heterocycles. The molecule has 0 radical (unpaired) electrons. The van der Waals surface area contributed by atoms with Gasteiger partial charge in [-0.15, -0.1) is 0 Å². The molecule has 0 aromatic carbocycles. The van der Waals surface area contributed by atoms with Crippen LogP contribution in [-0.2, 0) is 9.59 Å². The first-order valence-corrected chi connectivity index (χ1v) is 6.40. The third-order valence-electron chi connectivity index (χ3n) is 4.39. The van der Waals surface area contributed by atoms with Crippen LogP contribution in [0.25, 0.3) is 0 Å². The van der Waals surface area contributed by atoms with Crippen LogP contribution in [0.3, 0.4) is 0 Å². The Morgan fingerprint density at radius 1 is 1.24 bits per heavy atom. The van der Waals surface area contributed by atoms with E-state index >= 15 is 0 Å². The lowest BCUT2D eigenvalue weighted by Crippen LogP contribution is -2.41. The molecule has 1 saturated heterocycles. The molecule has 90 valence electrons. The number of likely N-dealkylation sites (tertiary alicyclic amines) is 1. The number of hydrogen-bond donors (Lipinski definition) is 0. The first-order chi connectivity index (χ1) is 8.13. The molecule has 3 unspecified atom stereocenters. The van der Waals surface area contributed by atoms with Gasteiger partial charge < -0.3 is 0 Å².